The number of hydrogen-bond donors (Lipinski definition) is 12. The van der Waals surface area contributed by atoms with Crippen molar-refractivity contribution in [1.29, 1.82) is 0 Å². The van der Waals surface area contributed by atoms with Gasteiger partial charge in [-0.25, -0.2) is 4.79 Å². The van der Waals surface area contributed by atoms with Crippen molar-refractivity contribution in [2.75, 3.05) is 25.5 Å². The van der Waals surface area contributed by atoms with Crippen LogP contribution in [0.25, 0.3) is 0 Å². The van der Waals surface area contributed by atoms with Crippen LogP contribution in [0.5, 0.6) is 0 Å². The number of carboxylic acid groups (broad SMARTS) is 3. The highest BCUT2D eigenvalue weighted by molar-refractivity contribution is 7.80. The Kier molecular flexibility index (Phi) is 17.3. The highest BCUT2D eigenvalue weighted by atomic mass is 32.1. The van der Waals surface area contributed by atoms with Crippen molar-refractivity contribution in [3.05, 3.63) is 0 Å². The van der Waals surface area contributed by atoms with E-state index in [0.717, 1.165) is 0 Å². The van der Waals surface area contributed by atoms with Crippen molar-refractivity contribution in [2.24, 2.45) is 5.73 Å². The van der Waals surface area contributed by atoms with Crippen molar-refractivity contribution < 1.29 is 63.9 Å². The minimum absolute atomic E-state index is 0.228. The second-order valence-electron chi connectivity index (χ2n) is 8.38. The molecule has 0 aromatic rings. The van der Waals surface area contributed by atoms with Crippen LogP contribution in [0.2, 0.25) is 0 Å². The lowest BCUT2D eigenvalue weighted by Gasteiger charge is -2.23. The number of aliphatic hydroxyl groups excluding tert-OH is 2. The summed E-state index contributed by atoms with van der Waals surface area (Å²) in [5.41, 5.74) is 5.60. The van der Waals surface area contributed by atoms with E-state index >= 15 is 0 Å². The van der Waals surface area contributed by atoms with Gasteiger partial charge in [-0.3, -0.25) is 33.6 Å². The average Bonchev–Trinajstić information content (AvgIpc) is 2.91. The Labute approximate surface area is 238 Å². The number of carbonyl (C=O) groups excluding carboxylic acids is 5. The van der Waals surface area contributed by atoms with E-state index in [1.165, 1.54) is 0 Å². The number of hydrogen-bond acceptors (Lipinski definition) is 12. The first-order valence-corrected chi connectivity index (χ1v) is 12.5. The summed E-state index contributed by atoms with van der Waals surface area (Å²) in [5.74, 6) is -9.45. The Morgan fingerprint density at radius 1 is 0.634 bits per heavy atom. The van der Waals surface area contributed by atoms with Crippen molar-refractivity contribution in [3.63, 3.8) is 0 Å². The molecule has 0 aliphatic heterocycles. The number of aliphatic carboxylic acids is 3. The molecule has 0 saturated heterocycles. The van der Waals surface area contributed by atoms with Crippen LogP contribution in [-0.2, 0) is 38.4 Å². The van der Waals surface area contributed by atoms with Crippen LogP contribution in [-0.4, -0.2) is 129 Å². The maximum atomic E-state index is 12.7. The number of carbonyl (C=O) groups is 8. The quantitative estimate of drug-likeness (QED) is 0.0571. The van der Waals surface area contributed by atoms with Crippen LogP contribution in [0, 0.1) is 0 Å². The zero-order valence-electron chi connectivity index (χ0n) is 21.6. The second kappa shape index (κ2) is 19.1. The molecule has 0 aliphatic rings. The van der Waals surface area contributed by atoms with E-state index in [4.69, 9.17) is 26.2 Å². The van der Waals surface area contributed by atoms with Gasteiger partial charge in [0.2, 0.25) is 29.5 Å². The summed E-state index contributed by atoms with van der Waals surface area (Å²) in [6.45, 7) is -2.77. The average molecular weight is 611 g/mol. The highest BCUT2D eigenvalue weighted by Crippen LogP contribution is 2.02. The fourth-order valence-electron chi connectivity index (χ4n) is 2.88. The van der Waals surface area contributed by atoms with E-state index in [1.54, 1.807) is 0 Å². The molecule has 20 heteroatoms. The normalized spacial score (nSPS) is 14.2. The third kappa shape index (κ3) is 14.8. The van der Waals surface area contributed by atoms with Crippen molar-refractivity contribution >= 4 is 60.1 Å². The maximum absolute atomic E-state index is 12.7. The smallest absolute Gasteiger partial charge is 0.328 e. The van der Waals surface area contributed by atoms with Gasteiger partial charge in [-0.1, -0.05) is 0 Å². The van der Waals surface area contributed by atoms with Crippen LogP contribution in [0.15, 0.2) is 0 Å². The number of rotatable bonds is 20. The van der Waals surface area contributed by atoms with Crippen molar-refractivity contribution in [1.82, 2.24) is 26.6 Å². The number of aliphatic hydroxyl groups is 2. The monoisotopic (exact) mass is 610 g/mol. The zero-order valence-corrected chi connectivity index (χ0v) is 22.5. The molecule has 12 N–H and O–H groups in total. The van der Waals surface area contributed by atoms with Gasteiger partial charge in [-0.2, -0.15) is 12.6 Å². The van der Waals surface area contributed by atoms with Gasteiger partial charge >= 0.3 is 17.9 Å². The summed E-state index contributed by atoms with van der Waals surface area (Å²) < 4.78 is 0. The Balaban J connectivity index is 5.24. The molecule has 0 radical (unpaired) electrons. The molecule has 0 unspecified atom stereocenters. The zero-order chi connectivity index (χ0) is 31.7. The number of carboxylic acids is 3. The second-order valence-corrected chi connectivity index (χ2v) is 8.74. The lowest BCUT2D eigenvalue weighted by Crippen LogP contribution is -2.57. The highest BCUT2D eigenvalue weighted by Gasteiger charge is 2.29. The van der Waals surface area contributed by atoms with Gasteiger partial charge in [0, 0.05) is 18.6 Å². The van der Waals surface area contributed by atoms with Crippen LogP contribution >= 0.6 is 12.6 Å². The number of thiol groups is 1. The first-order valence-electron chi connectivity index (χ1n) is 11.9. The predicted molar refractivity (Wildman–Crippen MR) is 138 cm³/mol. The van der Waals surface area contributed by atoms with E-state index in [2.05, 4.69) is 28.6 Å². The van der Waals surface area contributed by atoms with Crippen LogP contribution in [0.3, 0.4) is 0 Å². The molecule has 0 rings (SSSR count). The predicted octanol–water partition coefficient (Wildman–Crippen LogP) is -5.90. The Morgan fingerprint density at radius 3 is 1.61 bits per heavy atom. The molecule has 0 bridgehead atoms. The standard InChI is InChI=1S/C21H34N6O13S/c22-9(1-3-15(31)32)17(35)27-13(8-41)20(38)25-10(2-4-16(33)34)18(36)23-5-14(30)24-11(6-28)19(37)26-12(7-29)21(39)40/h9-13,28-29,41H,1-8,22H2,(H,23,36)(H,24,30)(H,25,38)(H,26,37)(H,27,35)(H,31,32)(H,33,34)(H,39,40)/t9-,10-,11-,12-,13-/m0/s1. The molecule has 0 spiro atoms. The van der Waals surface area contributed by atoms with E-state index in [9.17, 15) is 43.5 Å². The summed E-state index contributed by atoms with van der Waals surface area (Å²) in [7, 11) is 0. The third-order valence-corrected chi connectivity index (χ3v) is 5.52. The third-order valence-electron chi connectivity index (χ3n) is 5.16. The molecule has 19 nitrogen and oxygen atoms in total. The van der Waals surface area contributed by atoms with Crippen LogP contribution < -0.4 is 32.3 Å². The molecule has 0 aromatic heterocycles. The van der Waals surface area contributed by atoms with E-state index in [1.807, 2.05) is 10.6 Å². The molecule has 0 saturated carbocycles. The summed E-state index contributed by atoms with van der Waals surface area (Å²) in [6.07, 6.45) is -1.68. The number of nitrogens with two attached hydrogens (primary N) is 1. The molecule has 0 heterocycles. The largest absolute Gasteiger partial charge is 0.481 e. The molecule has 5 atom stereocenters. The Morgan fingerprint density at radius 2 is 1.12 bits per heavy atom. The molecule has 232 valence electrons. The molecular formula is C21H34N6O13S. The SMILES string of the molecule is N[C@@H](CCC(=O)O)C(=O)N[C@@H](CS)C(=O)N[C@@H](CCC(=O)O)C(=O)NCC(=O)N[C@@H](CO)C(=O)N[C@@H](CO)C(=O)O. The summed E-state index contributed by atoms with van der Waals surface area (Å²) in [4.78, 5) is 94.3. The summed E-state index contributed by atoms with van der Waals surface area (Å²) in [5, 5.41) is 55.3. The summed E-state index contributed by atoms with van der Waals surface area (Å²) in [6, 6.07) is -7.52. The van der Waals surface area contributed by atoms with Crippen LogP contribution in [0.1, 0.15) is 25.7 Å². The number of nitrogens with one attached hydrogen (secondary N) is 5. The topological polar surface area (TPSA) is 324 Å². The summed E-state index contributed by atoms with van der Waals surface area (Å²) >= 11 is 3.95. The van der Waals surface area contributed by atoms with E-state index in [0.29, 0.717) is 0 Å². The fraction of sp³-hybridized carbons (Fsp3) is 0.619. The van der Waals surface area contributed by atoms with E-state index < -0.39 is 117 Å². The van der Waals surface area contributed by atoms with Gasteiger partial charge in [-0.15, -0.1) is 0 Å². The minimum Gasteiger partial charge on any atom is -0.481 e. The lowest BCUT2D eigenvalue weighted by molar-refractivity contribution is -0.143. The molecule has 0 aromatic carbocycles. The van der Waals surface area contributed by atoms with Gasteiger partial charge in [0.05, 0.1) is 25.8 Å². The van der Waals surface area contributed by atoms with Crippen molar-refractivity contribution in [3.8, 4) is 0 Å². The van der Waals surface area contributed by atoms with Gasteiger partial charge in [0.25, 0.3) is 0 Å². The minimum atomic E-state index is -1.71. The van der Waals surface area contributed by atoms with Gasteiger partial charge in [0.1, 0.15) is 24.2 Å². The van der Waals surface area contributed by atoms with Crippen LogP contribution in [0.4, 0.5) is 0 Å². The first-order chi connectivity index (χ1) is 19.2. The van der Waals surface area contributed by atoms with Gasteiger partial charge in [-0.05, 0) is 12.8 Å². The first kappa shape index (κ1) is 37.0. The van der Waals surface area contributed by atoms with Crippen molar-refractivity contribution in [2.45, 2.75) is 55.9 Å². The van der Waals surface area contributed by atoms with E-state index in [-0.39, 0.29) is 12.2 Å². The molecule has 0 fully saturated rings. The molecular weight excluding hydrogens is 576 g/mol. The maximum Gasteiger partial charge on any atom is 0.328 e. The molecule has 0 aliphatic carbocycles. The lowest BCUT2D eigenvalue weighted by atomic mass is 10.1. The van der Waals surface area contributed by atoms with Gasteiger partial charge in [0.15, 0.2) is 0 Å². The fourth-order valence-corrected chi connectivity index (χ4v) is 3.14. The number of amides is 5. The Bertz CT molecular complexity index is 981. The molecule has 41 heavy (non-hydrogen) atoms. The van der Waals surface area contributed by atoms with Gasteiger partial charge < -0.3 is 57.9 Å². The Hall–Kier alpha value is -4.01. The molecule has 5 amide bonds.